The van der Waals surface area contributed by atoms with Crippen LogP contribution in [0.5, 0.6) is 0 Å². The number of hydrogen-bond donors (Lipinski definition) is 2. The molecular formula is C11H16N4O3S2. The molecule has 0 aromatic carbocycles. The average molecular weight is 316 g/mol. The van der Waals surface area contributed by atoms with Gasteiger partial charge in [-0.2, -0.15) is 0 Å². The van der Waals surface area contributed by atoms with E-state index in [9.17, 15) is 8.42 Å². The third-order valence-electron chi connectivity index (χ3n) is 3.36. The lowest BCUT2D eigenvalue weighted by Crippen LogP contribution is -2.41. The summed E-state index contributed by atoms with van der Waals surface area (Å²) in [5.74, 6) is 0.0175. The van der Waals surface area contributed by atoms with Crippen LogP contribution in [0.1, 0.15) is 19.8 Å². The van der Waals surface area contributed by atoms with Crippen molar-refractivity contribution in [1.82, 2.24) is 14.1 Å². The van der Waals surface area contributed by atoms with Crippen molar-refractivity contribution in [2.24, 2.45) is 0 Å². The lowest BCUT2D eigenvalue weighted by atomic mass is 10.1. The Labute approximate surface area is 120 Å². The Kier molecular flexibility index (Phi) is 3.44. The van der Waals surface area contributed by atoms with Crippen LogP contribution in [0.4, 0.5) is 5.82 Å². The summed E-state index contributed by atoms with van der Waals surface area (Å²) in [6.07, 6.45) is 3.38. The minimum absolute atomic E-state index is 0.00130. The highest BCUT2D eigenvalue weighted by Gasteiger charge is 2.30. The highest BCUT2D eigenvalue weighted by molar-refractivity contribution is 7.89. The summed E-state index contributed by atoms with van der Waals surface area (Å²) in [7, 11) is -3.73. The van der Waals surface area contributed by atoms with E-state index in [0.717, 1.165) is 12.8 Å². The van der Waals surface area contributed by atoms with Gasteiger partial charge in [0.2, 0.25) is 0 Å². The van der Waals surface area contributed by atoms with Crippen molar-refractivity contribution in [1.29, 1.82) is 0 Å². The van der Waals surface area contributed by atoms with Crippen LogP contribution in [0, 0.1) is 0 Å². The fraction of sp³-hybridized carbons (Fsp3) is 0.545. The van der Waals surface area contributed by atoms with E-state index in [-0.39, 0.29) is 23.0 Å². The molecule has 2 aromatic heterocycles. The molecule has 1 fully saturated rings. The van der Waals surface area contributed by atoms with Crippen LogP contribution in [0.15, 0.2) is 16.6 Å². The van der Waals surface area contributed by atoms with Crippen LogP contribution in [0.2, 0.25) is 0 Å². The van der Waals surface area contributed by atoms with Gasteiger partial charge in [-0.15, -0.1) is 11.3 Å². The molecule has 1 aliphatic rings. The lowest BCUT2D eigenvalue weighted by molar-refractivity contribution is 0.0902. The number of nitrogens with zero attached hydrogens (tertiary/aromatic N) is 2. The molecule has 3 N–H and O–H groups in total. The number of nitrogens with two attached hydrogens (primary N) is 1. The van der Waals surface area contributed by atoms with Crippen molar-refractivity contribution in [3.8, 4) is 0 Å². The first kappa shape index (κ1) is 13.8. The number of anilines is 1. The van der Waals surface area contributed by atoms with Gasteiger partial charge < -0.3 is 10.5 Å². The molecule has 1 aliphatic heterocycles. The van der Waals surface area contributed by atoms with Gasteiger partial charge in [-0.3, -0.25) is 4.40 Å². The first-order chi connectivity index (χ1) is 9.49. The molecule has 0 saturated carbocycles. The fourth-order valence-corrected chi connectivity index (χ4v) is 4.68. The molecule has 9 heteroatoms. The molecule has 0 amide bonds. The zero-order valence-corrected chi connectivity index (χ0v) is 12.6. The van der Waals surface area contributed by atoms with Gasteiger partial charge >= 0.3 is 0 Å². The highest BCUT2D eigenvalue weighted by Crippen LogP contribution is 2.24. The number of sulfonamides is 1. The molecule has 2 aromatic rings. The fourth-order valence-electron chi connectivity index (χ4n) is 2.42. The highest BCUT2D eigenvalue weighted by atomic mass is 32.2. The van der Waals surface area contributed by atoms with E-state index in [2.05, 4.69) is 9.71 Å². The number of thiazole rings is 1. The monoisotopic (exact) mass is 316 g/mol. The zero-order valence-electron chi connectivity index (χ0n) is 10.9. The average Bonchev–Trinajstić information content (AvgIpc) is 3.01. The van der Waals surface area contributed by atoms with Gasteiger partial charge in [0.25, 0.3) is 10.0 Å². The largest absolute Gasteiger partial charge is 0.381 e. The number of nitrogen functional groups attached to an aromatic ring is 1. The van der Waals surface area contributed by atoms with Crippen LogP contribution < -0.4 is 10.5 Å². The number of fused-ring (bicyclic) bond motifs is 1. The van der Waals surface area contributed by atoms with E-state index in [1.54, 1.807) is 18.5 Å². The lowest BCUT2D eigenvalue weighted by Gasteiger charge is -2.19. The summed E-state index contributed by atoms with van der Waals surface area (Å²) in [6.45, 7) is 2.48. The molecule has 7 nitrogen and oxygen atoms in total. The first-order valence-electron chi connectivity index (χ1n) is 6.34. The minimum atomic E-state index is -3.73. The molecule has 20 heavy (non-hydrogen) atoms. The maximum atomic E-state index is 12.5. The molecule has 0 radical (unpaired) electrons. The third kappa shape index (κ3) is 2.30. The predicted molar refractivity (Wildman–Crippen MR) is 76.2 cm³/mol. The molecule has 110 valence electrons. The number of aromatic nitrogens is 2. The summed E-state index contributed by atoms with van der Waals surface area (Å²) in [5, 5.41) is 1.77. The Balaban J connectivity index is 1.91. The van der Waals surface area contributed by atoms with Crippen molar-refractivity contribution in [3.63, 3.8) is 0 Å². The Morgan fingerprint density at radius 3 is 3.15 bits per heavy atom. The van der Waals surface area contributed by atoms with Crippen molar-refractivity contribution in [2.45, 2.75) is 36.9 Å². The van der Waals surface area contributed by atoms with Crippen LogP contribution >= 0.6 is 11.3 Å². The van der Waals surface area contributed by atoms with E-state index in [4.69, 9.17) is 10.5 Å². The molecule has 0 aliphatic carbocycles. The summed E-state index contributed by atoms with van der Waals surface area (Å²) in [6, 6.07) is -0.300. The number of ether oxygens (including phenoxy) is 1. The second-order valence-corrected chi connectivity index (χ2v) is 7.32. The number of imidazole rings is 1. The molecule has 3 rings (SSSR count). The molecular weight excluding hydrogens is 300 g/mol. The van der Waals surface area contributed by atoms with Gasteiger partial charge in [0.15, 0.2) is 15.8 Å². The second-order valence-electron chi connectivity index (χ2n) is 4.82. The SMILES string of the molecule is CC(NS(=O)(=O)c1c(N)nc2sccn12)C1CCCO1. The summed E-state index contributed by atoms with van der Waals surface area (Å²) in [4.78, 5) is 4.62. The van der Waals surface area contributed by atoms with E-state index in [1.807, 2.05) is 0 Å². The molecule has 3 heterocycles. The van der Waals surface area contributed by atoms with Crippen LogP contribution in [0.25, 0.3) is 4.96 Å². The molecule has 2 unspecified atom stereocenters. The molecule has 2 atom stereocenters. The van der Waals surface area contributed by atoms with Gasteiger partial charge in [-0.1, -0.05) is 0 Å². The van der Waals surface area contributed by atoms with Crippen molar-refractivity contribution in [2.75, 3.05) is 12.3 Å². The quantitative estimate of drug-likeness (QED) is 0.870. The maximum Gasteiger partial charge on any atom is 0.260 e. The number of rotatable bonds is 4. The minimum Gasteiger partial charge on any atom is -0.381 e. The van der Waals surface area contributed by atoms with Crippen molar-refractivity contribution in [3.05, 3.63) is 11.6 Å². The van der Waals surface area contributed by atoms with E-state index in [1.165, 1.54) is 15.7 Å². The van der Waals surface area contributed by atoms with Gasteiger partial charge in [0, 0.05) is 24.2 Å². The van der Waals surface area contributed by atoms with Crippen LogP contribution in [0.3, 0.4) is 0 Å². The number of hydrogen-bond acceptors (Lipinski definition) is 6. The molecule has 0 spiro atoms. The van der Waals surface area contributed by atoms with Gasteiger partial charge in [0.05, 0.1) is 6.10 Å². The Bertz CT molecular complexity index is 715. The van der Waals surface area contributed by atoms with Crippen molar-refractivity contribution < 1.29 is 13.2 Å². The number of nitrogens with one attached hydrogen (secondary N) is 1. The van der Waals surface area contributed by atoms with Gasteiger partial charge in [-0.05, 0) is 19.8 Å². The van der Waals surface area contributed by atoms with Gasteiger partial charge in [0.1, 0.15) is 0 Å². The van der Waals surface area contributed by atoms with E-state index >= 15 is 0 Å². The van der Waals surface area contributed by atoms with Crippen molar-refractivity contribution >= 4 is 32.1 Å². The Morgan fingerprint density at radius 2 is 2.45 bits per heavy atom. The maximum absolute atomic E-state index is 12.5. The summed E-state index contributed by atoms with van der Waals surface area (Å²) in [5.41, 5.74) is 5.74. The topological polar surface area (TPSA) is 98.7 Å². The summed E-state index contributed by atoms with van der Waals surface area (Å²) < 4.78 is 34.6. The standard InChI is InChI=1S/C11H16N4O3S2/c1-7(8-3-2-5-18-8)14-20(16,17)10-9(12)13-11-15(10)4-6-19-11/h4,6-8,14H,2-3,5,12H2,1H3. The Morgan fingerprint density at radius 1 is 1.65 bits per heavy atom. The molecule has 0 bridgehead atoms. The zero-order chi connectivity index (χ0) is 14.3. The predicted octanol–water partition coefficient (Wildman–Crippen LogP) is 0.824. The molecule has 1 saturated heterocycles. The van der Waals surface area contributed by atoms with Crippen LogP contribution in [-0.4, -0.2) is 36.6 Å². The van der Waals surface area contributed by atoms with E-state index < -0.39 is 10.0 Å². The normalized spacial score (nSPS) is 21.6. The second kappa shape index (κ2) is 4.99. The van der Waals surface area contributed by atoms with Gasteiger partial charge in [-0.25, -0.2) is 18.1 Å². The Hall–Kier alpha value is -1.16. The first-order valence-corrected chi connectivity index (χ1v) is 8.70. The van der Waals surface area contributed by atoms with Crippen LogP contribution in [-0.2, 0) is 14.8 Å². The third-order valence-corrected chi connectivity index (χ3v) is 5.72. The van der Waals surface area contributed by atoms with E-state index in [0.29, 0.717) is 11.6 Å². The smallest absolute Gasteiger partial charge is 0.260 e. The summed E-state index contributed by atoms with van der Waals surface area (Å²) >= 11 is 1.34.